The number of aromatic carboxylic acids is 1. The monoisotopic (exact) mass is 288 g/mol. The summed E-state index contributed by atoms with van der Waals surface area (Å²) in [5.74, 6) is -1.03. The number of aldehydes is 1. The Morgan fingerprint density at radius 1 is 1.38 bits per heavy atom. The van der Waals surface area contributed by atoms with Gasteiger partial charge in [0.2, 0.25) is 0 Å². The lowest BCUT2D eigenvalue weighted by atomic mass is 10.1. The lowest BCUT2D eigenvalue weighted by Gasteiger charge is -2.13. The van der Waals surface area contributed by atoms with E-state index in [9.17, 15) is 9.59 Å². The molecular weight excluding hydrogens is 280 g/mol. The van der Waals surface area contributed by atoms with Crippen LogP contribution in [0.5, 0.6) is 11.5 Å². The summed E-state index contributed by atoms with van der Waals surface area (Å²) in [4.78, 5) is 21.8. The smallest absolute Gasteiger partial charge is 0.339 e. The number of benzene rings is 1. The fraction of sp³-hybridized carbons (Fsp3) is 0.200. The van der Waals surface area contributed by atoms with Crippen LogP contribution in [0.15, 0.2) is 10.5 Å². The van der Waals surface area contributed by atoms with Gasteiger partial charge in [-0.2, -0.15) is 0 Å². The third-order valence-electron chi connectivity index (χ3n) is 1.98. The molecule has 0 fully saturated rings. The van der Waals surface area contributed by atoms with E-state index >= 15 is 0 Å². The van der Waals surface area contributed by atoms with E-state index in [0.29, 0.717) is 10.8 Å². The molecule has 0 saturated heterocycles. The minimum absolute atomic E-state index is 0.0281. The molecule has 0 atom stereocenters. The quantitative estimate of drug-likeness (QED) is 0.858. The first-order valence-corrected chi connectivity index (χ1v) is 4.99. The fourth-order valence-corrected chi connectivity index (χ4v) is 1.80. The molecule has 1 rings (SSSR count). The van der Waals surface area contributed by atoms with Crippen LogP contribution in [0.2, 0.25) is 0 Å². The molecule has 0 spiro atoms. The number of methoxy groups -OCH3 is 2. The maximum atomic E-state index is 11.0. The van der Waals surface area contributed by atoms with Crippen molar-refractivity contribution >= 4 is 28.2 Å². The second-order valence-electron chi connectivity index (χ2n) is 2.81. The van der Waals surface area contributed by atoms with Gasteiger partial charge in [0.15, 0.2) is 17.8 Å². The van der Waals surface area contributed by atoms with Crippen LogP contribution >= 0.6 is 15.9 Å². The highest BCUT2D eigenvalue weighted by Gasteiger charge is 2.22. The van der Waals surface area contributed by atoms with E-state index in [1.165, 1.54) is 20.3 Å². The zero-order valence-electron chi connectivity index (χ0n) is 8.61. The van der Waals surface area contributed by atoms with Crippen molar-refractivity contribution in [3.8, 4) is 11.5 Å². The van der Waals surface area contributed by atoms with E-state index in [2.05, 4.69) is 15.9 Å². The van der Waals surface area contributed by atoms with Gasteiger partial charge in [0.25, 0.3) is 0 Å². The molecule has 5 nitrogen and oxygen atoms in total. The molecule has 0 aromatic heterocycles. The van der Waals surface area contributed by atoms with Gasteiger partial charge in [-0.05, 0) is 22.0 Å². The molecule has 1 N–H and O–H groups in total. The average molecular weight is 289 g/mol. The first-order chi connectivity index (χ1) is 7.56. The van der Waals surface area contributed by atoms with Gasteiger partial charge in [-0.15, -0.1) is 0 Å². The van der Waals surface area contributed by atoms with Gasteiger partial charge in [-0.1, -0.05) is 0 Å². The van der Waals surface area contributed by atoms with Crippen LogP contribution in [0.3, 0.4) is 0 Å². The number of halogens is 1. The van der Waals surface area contributed by atoms with Crippen LogP contribution < -0.4 is 9.47 Å². The summed E-state index contributed by atoms with van der Waals surface area (Å²) < 4.78 is 10.3. The molecule has 0 radical (unpaired) electrons. The van der Waals surface area contributed by atoms with Gasteiger partial charge in [0.1, 0.15) is 5.56 Å². The Bertz CT molecular complexity index is 441. The zero-order valence-corrected chi connectivity index (χ0v) is 10.2. The number of carbonyl (C=O) groups excluding carboxylic acids is 1. The van der Waals surface area contributed by atoms with Crippen LogP contribution in [-0.4, -0.2) is 31.6 Å². The van der Waals surface area contributed by atoms with Crippen molar-refractivity contribution < 1.29 is 24.2 Å². The van der Waals surface area contributed by atoms with Crippen molar-refractivity contribution in [2.45, 2.75) is 0 Å². The maximum Gasteiger partial charge on any atom is 0.339 e. The molecule has 0 amide bonds. The Kier molecular flexibility index (Phi) is 3.89. The molecule has 0 unspecified atom stereocenters. The van der Waals surface area contributed by atoms with Crippen molar-refractivity contribution in [2.24, 2.45) is 0 Å². The molecular formula is C10H9BrO5. The van der Waals surface area contributed by atoms with Crippen molar-refractivity contribution in [3.05, 3.63) is 21.7 Å². The first-order valence-electron chi connectivity index (χ1n) is 4.19. The fourth-order valence-electron chi connectivity index (χ4n) is 1.30. The topological polar surface area (TPSA) is 72.8 Å². The largest absolute Gasteiger partial charge is 0.492 e. The summed E-state index contributed by atoms with van der Waals surface area (Å²) in [5, 5.41) is 8.96. The summed E-state index contributed by atoms with van der Waals surface area (Å²) in [7, 11) is 2.65. The van der Waals surface area contributed by atoms with Crippen molar-refractivity contribution in [1.29, 1.82) is 0 Å². The summed E-state index contributed by atoms with van der Waals surface area (Å²) in [5.41, 5.74) is 0.140. The summed E-state index contributed by atoms with van der Waals surface area (Å²) in [6.45, 7) is 0. The number of hydrogen-bond acceptors (Lipinski definition) is 4. The van der Waals surface area contributed by atoms with Gasteiger partial charge >= 0.3 is 5.97 Å². The number of carboxylic acid groups (broad SMARTS) is 1. The molecule has 0 saturated carbocycles. The highest BCUT2D eigenvalue weighted by Crippen LogP contribution is 2.38. The number of rotatable bonds is 4. The van der Waals surface area contributed by atoms with E-state index in [1.807, 2.05) is 0 Å². The number of hydrogen-bond donors (Lipinski definition) is 1. The Labute approximate surface area is 100 Å². The maximum absolute atomic E-state index is 11.0. The summed E-state index contributed by atoms with van der Waals surface area (Å²) >= 11 is 3.10. The summed E-state index contributed by atoms with van der Waals surface area (Å²) in [6, 6.07) is 1.30. The van der Waals surface area contributed by atoms with Crippen LogP contribution in [0.1, 0.15) is 20.7 Å². The molecule has 6 heteroatoms. The van der Waals surface area contributed by atoms with Crippen molar-refractivity contribution in [3.63, 3.8) is 0 Å². The average Bonchev–Trinajstić information content (AvgIpc) is 2.27. The molecule has 1 aromatic rings. The van der Waals surface area contributed by atoms with Gasteiger partial charge in [0, 0.05) is 4.47 Å². The van der Waals surface area contributed by atoms with E-state index in [-0.39, 0.29) is 22.6 Å². The predicted octanol–water partition coefficient (Wildman–Crippen LogP) is 1.98. The van der Waals surface area contributed by atoms with E-state index in [0.717, 1.165) is 0 Å². The molecule has 16 heavy (non-hydrogen) atoms. The first kappa shape index (κ1) is 12.5. The Balaban J connectivity index is 3.63. The molecule has 0 aliphatic heterocycles. The molecule has 0 aliphatic carbocycles. The Morgan fingerprint density at radius 2 is 1.94 bits per heavy atom. The standard InChI is InChI=1S/C10H9BrO5/c1-15-8-5(10(13)14)3-7(11)6(4-12)9(8)16-2/h3-4H,1-2H3,(H,13,14). The van der Waals surface area contributed by atoms with Crippen LogP contribution in [0.25, 0.3) is 0 Å². The highest BCUT2D eigenvalue weighted by molar-refractivity contribution is 9.10. The minimum Gasteiger partial charge on any atom is -0.492 e. The minimum atomic E-state index is -1.16. The van der Waals surface area contributed by atoms with Gasteiger partial charge in [0.05, 0.1) is 19.8 Å². The second-order valence-corrected chi connectivity index (χ2v) is 3.66. The Hall–Kier alpha value is -1.56. The lowest BCUT2D eigenvalue weighted by molar-refractivity contribution is 0.0692. The molecule has 0 bridgehead atoms. The number of carbonyl (C=O) groups is 2. The zero-order chi connectivity index (χ0) is 12.3. The normalized spacial score (nSPS) is 9.69. The van der Waals surface area contributed by atoms with Gasteiger partial charge < -0.3 is 14.6 Å². The van der Waals surface area contributed by atoms with Crippen LogP contribution in [-0.2, 0) is 0 Å². The molecule has 86 valence electrons. The summed E-state index contributed by atoms with van der Waals surface area (Å²) in [6.07, 6.45) is 0.567. The third-order valence-corrected chi connectivity index (χ3v) is 2.64. The lowest BCUT2D eigenvalue weighted by Crippen LogP contribution is -2.05. The Morgan fingerprint density at radius 3 is 2.31 bits per heavy atom. The van der Waals surface area contributed by atoms with E-state index < -0.39 is 5.97 Å². The van der Waals surface area contributed by atoms with E-state index in [4.69, 9.17) is 14.6 Å². The van der Waals surface area contributed by atoms with Gasteiger partial charge in [-0.25, -0.2) is 4.79 Å². The highest BCUT2D eigenvalue weighted by atomic mass is 79.9. The SMILES string of the molecule is COc1c(C(=O)O)cc(Br)c(C=O)c1OC. The van der Waals surface area contributed by atoms with Crippen LogP contribution in [0.4, 0.5) is 0 Å². The van der Waals surface area contributed by atoms with Crippen molar-refractivity contribution in [2.75, 3.05) is 14.2 Å². The third kappa shape index (κ3) is 2.01. The molecule has 1 aromatic carbocycles. The predicted molar refractivity (Wildman–Crippen MR) is 59.6 cm³/mol. The second kappa shape index (κ2) is 4.98. The van der Waals surface area contributed by atoms with Crippen molar-refractivity contribution in [1.82, 2.24) is 0 Å². The molecule has 0 aliphatic rings. The number of ether oxygens (including phenoxy) is 2. The van der Waals surface area contributed by atoms with Crippen LogP contribution in [0, 0.1) is 0 Å². The van der Waals surface area contributed by atoms with Gasteiger partial charge in [-0.3, -0.25) is 4.79 Å². The molecule has 0 heterocycles. The number of carboxylic acids is 1. The van der Waals surface area contributed by atoms with E-state index in [1.54, 1.807) is 0 Å².